The largest absolute Gasteiger partial charge is 0.416 e. The van der Waals surface area contributed by atoms with Gasteiger partial charge in [-0.15, -0.1) is 12.4 Å². The summed E-state index contributed by atoms with van der Waals surface area (Å²) in [6, 6.07) is 4.95. The average Bonchev–Trinajstić information content (AvgIpc) is 2.40. The third kappa shape index (κ3) is 4.31. The molecule has 22 heavy (non-hydrogen) atoms. The molecule has 1 aromatic carbocycles. The SMILES string of the molecule is CN(C)C[C@H]1CSCC[C@@]1(O)c1ccc(C(F)(F)F)cc1.Cl. The van der Waals surface area contributed by atoms with Crippen LogP contribution in [0.1, 0.15) is 17.5 Å². The second-order valence-electron chi connectivity index (χ2n) is 5.78. The van der Waals surface area contributed by atoms with Crippen molar-refractivity contribution in [2.24, 2.45) is 5.92 Å². The van der Waals surface area contributed by atoms with E-state index in [1.54, 1.807) is 11.8 Å². The summed E-state index contributed by atoms with van der Waals surface area (Å²) in [6.45, 7) is 0.713. The van der Waals surface area contributed by atoms with Crippen molar-refractivity contribution in [1.29, 1.82) is 0 Å². The number of aliphatic hydroxyl groups is 1. The van der Waals surface area contributed by atoms with Crippen LogP contribution < -0.4 is 0 Å². The van der Waals surface area contributed by atoms with Crippen LogP contribution in [0.15, 0.2) is 24.3 Å². The van der Waals surface area contributed by atoms with Crippen LogP contribution in [0, 0.1) is 5.92 Å². The summed E-state index contributed by atoms with van der Waals surface area (Å²) < 4.78 is 37.9. The third-order valence-electron chi connectivity index (χ3n) is 3.92. The molecular weight excluding hydrogens is 335 g/mol. The Hall–Kier alpha value is -0.430. The molecule has 0 aromatic heterocycles. The van der Waals surface area contributed by atoms with E-state index in [9.17, 15) is 18.3 Å². The van der Waals surface area contributed by atoms with Gasteiger partial charge in [-0.2, -0.15) is 24.9 Å². The summed E-state index contributed by atoms with van der Waals surface area (Å²) in [5, 5.41) is 11.0. The zero-order valence-corrected chi connectivity index (χ0v) is 14.2. The quantitative estimate of drug-likeness (QED) is 0.895. The second kappa shape index (κ2) is 7.43. The number of nitrogens with zero attached hydrogens (tertiary/aromatic N) is 1. The molecule has 2 nitrogen and oxygen atoms in total. The van der Waals surface area contributed by atoms with Gasteiger partial charge in [0.1, 0.15) is 0 Å². The van der Waals surface area contributed by atoms with E-state index in [0.717, 1.165) is 23.6 Å². The van der Waals surface area contributed by atoms with Crippen molar-refractivity contribution in [3.8, 4) is 0 Å². The van der Waals surface area contributed by atoms with E-state index >= 15 is 0 Å². The van der Waals surface area contributed by atoms with Crippen LogP contribution in [0.4, 0.5) is 13.2 Å². The zero-order chi connectivity index (χ0) is 15.7. The highest BCUT2D eigenvalue weighted by molar-refractivity contribution is 7.99. The van der Waals surface area contributed by atoms with Crippen LogP contribution >= 0.6 is 24.2 Å². The lowest BCUT2D eigenvalue weighted by molar-refractivity contribution is -0.137. The maximum absolute atomic E-state index is 12.6. The van der Waals surface area contributed by atoms with Crippen molar-refractivity contribution >= 4 is 24.2 Å². The molecule has 2 atom stereocenters. The van der Waals surface area contributed by atoms with Gasteiger partial charge in [0.15, 0.2) is 0 Å². The fourth-order valence-corrected chi connectivity index (χ4v) is 4.06. The van der Waals surface area contributed by atoms with Crippen molar-refractivity contribution in [1.82, 2.24) is 4.90 Å². The highest BCUT2D eigenvalue weighted by Crippen LogP contribution is 2.41. The minimum atomic E-state index is -4.34. The first kappa shape index (κ1) is 19.6. The lowest BCUT2D eigenvalue weighted by Crippen LogP contribution is -2.45. The topological polar surface area (TPSA) is 23.5 Å². The second-order valence-corrected chi connectivity index (χ2v) is 6.93. The number of alkyl halides is 3. The van der Waals surface area contributed by atoms with Crippen molar-refractivity contribution in [3.63, 3.8) is 0 Å². The molecule has 1 aromatic rings. The standard InChI is InChI=1S/C15H20F3NOS.ClH/c1-19(2)9-13-10-21-8-7-14(13,20)11-3-5-12(6-4-11)15(16,17)18;/h3-6,13,20H,7-10H2,1-2H3;1H/t13-,14+;/m0./s1. The molecule has 0 unspecified atom stereocenters. The Labute approximate surface area is 139 Å². The number of hydrogen-bond acceptors (Lipinski definition) is 3. The summed E-state index contributed by atoms with van der Waals surface area (Å²) in [6.07, 6.45) is -3.77. The molecular formula is C15H21ClF3NOS. The molecule has 0 bridgehead atoms. The molecule has 126 valence electrons. The number of thioether (sulfide) groups is 1. The molecule has 0 amide bonds. The molecule has 1 fully saturated rings. The highest BCUT2D eigenvalue weighted by Gasteiger charge is 2.41. The van der Waals surface area contributed by atoms with E-state index in [0.29, 0.717) is 18.5 Å². The summed E-state index contributed by atoms with van der Waals surface area (Å²) in [4.78, 5) is 2.01. The molecule has 1 aliphatic heterocycles. The molecule has 0 saturated carbocycles. The van der Waals surface area contributed by atoms with Gasteiger partial charge in [-0.1, -0.05) is 12.1 Å². The molecule has 1 heterocycles. The van der Waals surface area contributed by atoms with Gasteiger partial charge in [0.2, 0.25) is 0 Å². The van der Waals surface area contributed by atoms with Gasteiger partial charge in [0.25, 0.3) is 0 Å². The van der Waals surface area contributed by atoms with Crippen LogP contribution in [0.2, 0.25) is 0 Å². The molecule has 0 radical (unpaired) electrons. The molecule has 0 aliphatic carbocycles. The van der Waals surface area contributed by atoms with Crippen LogP contribution in [-0.2, 0) is 11.8 Å². The van der Waals surface area contributed by atoms with Gasteiger partial charge in [-0.25, -0.2) is 0 Å². The van der Waals surface area contributed by atoms with E-state index in [1.807, 2.05) is 19.0 Å². The Bertz CT molecular complexity index is 481. The van der Waals surface area contributed by atoms with E-state index in [1.165, 1.54) is 12.1 Å². The summed E-state index contributed by atoms with van der Waals surface area (Å²) in [5.74, 6) is 1.65. The predicted octanol–water partition coefficient (Wildman–Crippen LogP) is 3.63. The van der Waals surface area contributed by atoms with Crippen LogP contribution in [-0.4, -0.2) is 42.2 Å². The fourth-order valence-electron chi connectivity index (χ4n) is 2.77. The van der Waals surface area contributed by atoms with Crippen LogP contribution in [0.25, 0.3) is 0 Å². The van der Waals surface area contributed by atoms with Crippen molar-refractivity contribution in [2.75, 3.05) is 32.1 Å². The lowest BCUT2D eigenvalue weighted by Gasteiger charge is -2.41. The average molecular weight is 356 g/mol. The van der Waals surface area contributed by atoms with Gasteiger partial charge in [0.05, 0.1) is 11.2 Å². The Morgan fingerprint density at radius 2 is 1.86 bits per heavy atom. The van der Waals surface area contributed by atoms with Crippen molar-refractivity contribution in [3.05, 3.63) is 35.4 Å². The van der Waals surface area contributed by atoms with Crippen molar-refractivity contribution < 1.29 is 18.3 Å². The van der Waals surface area contributed by atoms with Gasteiger partial charge < -0.3 is 10.0 Å². The molecule has 1 saturated heterocycles. The van der Waals surface area contributed by atoms with Gasteiger partial charge >= 0.3 is 6.18 Å². The van der Waals surface area contributed by atoms with Gasteiger partial charge in [-0.3, -0.25) is 0 Å². The highest BCUT2D eigenvalue weighted by atomic mass is 35.5. The van der Waals surface area contributed by atoms with Crippen molar-refractivity contribution in [2.45, 2.75) is 18.2 Å². The summed E-state index contributed by atoms with van der Waals surface area (Å²) in [7, 11) is 3.87. The third-order valence-corrected chi connectivity index (χ3v) is 5.05. The molecule has 1 N–H and O–H groups in total. The zero-order valence-electron chi connectivity index (χ0n) is 12.6. The Balaban J connectivity index is 0.00000242. The Morgan fingerprint density at radius 1 is 1.27 bits per heavy atom. The normalized spacial score (nSPS) is 25.9. The van der Waals surface area contributed by atoms with Gasteiger partial charge in [0, 0.05) is 18.2 Å². The number of rotatable bonds is 3. The predicted molar refractivity (Wildman–Crippen MR) is 86.6 cm³/mol. The minimum absolute atomic E-state index is 0. The fraction of sp³-hybridized carbons (Fsp3) is 0.600. The summed E-state index contributed by atoms with van der Waals surface area (Å²) in [5.41, 5.74) is -1.13. The monoisotopic (exact) mass is 355 g/mol. The maximum Gasteiger partial charge on any atom is 0.416 e. The first-order valence-electron chi connectivity index (χ1n) is 6.86. The first-order valence-corrected chi connectivity index (χ1v) is 8.01. The number of halogens is 4. The Kier molecular flexibility index (Phi) is 6.62. The number of benzene rings is 1. The molecule has 2 rings (SSSR count). The maximum atomic E-state index is 12.6. The van der Waals surface area contributed by atoms with E-state index in [4.69, 9.17) is 0 Å². The van der Waals surface area contributed by atoms with E-state index < -0.39 is 17.3 Å². The summed E-state index contributed by atoms with van der Waals surface area (Å²) >= 11 is 1.78. The van der Waals surface area contributed by atoms with Crippen LogP contribution in [0.5, 0.6) is 0 Å². The first-order chi connectivity index (χ1) is 9.73. The molecule has 0 spiro atoms. The lowest BCUT2D eigenvalue weighted by atomic mass is 9.79. The smallest absolute Gasteiger partial charge is 0.385 e. The van der Waals surface area contributed by atoms with Crippen LogP contribution in [0.3, 0.4) is 0 Å². The molecule has 1 aliphatic rings. The van der Waals surface area contributed by atoms with Gasteiger partial charge in [-0.05, 0) is 44.0 Å². The van der Waals surface area contributed by atoms with E-state index in [2.05, 4.69) is 0 Å². The van der Waals surface area contributed by atoms with E-state index in [-0.39, 0.29) is 18.3 Å². The Morgan fingerprint density at radius 3 is 2.36 bits per heavy atom. The number of hydrogen-bond donors (Lipinski definition) is 1. The minimum Gasteiger partial charge on any atom is -0.385 e. The molecule has 7 heteroatoms.